The quantitative estimate of drug-likeness (QED) is 0.844. The highest BCUT2D eigenvalue weighted by Gasteiger charge is 2.18. The van der Waals surface area contributed by atoms with Gasteiger partial charge in [-0.05, 0) is 18.2 Å². The van der Waals surface area contributed by atoms with E-state index in [1.165, 1.54) is 6.07 Å². The summed E-state index contributed by atoms with van der Waals surface area (Å²) in [5.74, 6) is 0.203. The Morgan fingerprint density at radius 1 is 1.29 bits per heavy atom. The molecule has 2 N–H and O–H groups in total. The zero-order valence-corrected chi connectivity index (χ0v) is 12.3. The van der Waals surface area contributed by atoms with Crippen LogP contribution in [0.2, 0.25) is 0 Å². The van der Waals surface area contributed by atoms with Crippen LogP contribution in [-0.4, -0.2) is 55.5 Å². The van der Waals surface area contributed by atoms with Crippen molar-refractivity contribution in [3.05, 3.63) is 29.6 Å². The lowest BCUT2D eigenvalue weighted by Gasteiger charge is -2.34. The van der Waals surface area contributed by atoms with E-state index < -0.39 is 0 Å². The highest BCUT2D eigenvalue weighted by atomic mass is 19.1. The van der Waals surface area contributed by atoms with Crippen LogP contribution in [0.15, 0.2) is 18.2 Å². The van der Waals surface area contributed by atoms with Crippen LogP contribution in [0.25, 0.3) is 0 Å². The molecule has 0 atom stereocenters. The average Bonchev–Trinajstić information content (AvgIpc) is 2.48. The number of primary amides is 1. The number of benzene rings is 1. The summed E-state index contributed by atoms with van der Waals surface area (Å²) in [6, 6.07) is 4.81. The molecule has 1 aliphatic heterocycles. The molecular weight excluding hydrogens is 273 g/mol. The van der Waals surface area contributed by atoms with Gasteiger partial charge in [0, 0.05) is 51.3 Å². The third kappa shape index (κ3) is 4.68. The predicted octanol–water partition coefficient (Wildman–Crippen LogP) is 0.827. The van der Waals surface area contributed by atoms with Gasteiger partial charge in [-0.15, -0.1) is 0 Å². The van der Waals surface area contributed by atoms with Gasteiger partial charge in [-0.25, -0.2) is 4.39 Å². The predicted molar refractivity (Wildman–Crippen MR) is 78.5 cm³/mol. The molecule has 6 heteroatoms. The second-order valence-electron chi connectivity index (χ2n) is 5.29. The van der Waals surface area contributed by atoms with Crippen LogP contribution in [0.1, 0.15) is 12.0 Å². The van der Waals surface area contributed by atoms with Crippen molar-refractivity contribution >= 4 is 5.91 Å². The van der Waals surface area contributed by atoms with Gasteiger partial charge in [-0.2, -0.15) is 0 Å². The molecule has 0 bridgehead atoms. The Hall–Kier alpha value is -1.66. The maximum Gasteiger partial charge on any atom is 0.218 e. The van der Waals surface area contributed by atoms with Gasteiger partial charge in [-0.3, -0.25) is 9.69 Å². The van der Waals surface area contributed by atoms with Crippen molar-refractivity contribution in [1.29, 1.82) is 0 Å². The average molecular weight is 295 g/mol. The number of carbonyl (C=O) groups is 1. The molecule has 0 unspecified atom stereocenters. The number of rotatable bonds is 6. The van der Waals surface area contributed by atoms with Gasteiger partial charge in [0.05, 0.1) is 7.11 Å². The van der Waals surface area contributed by atoms with Crippen LogP contribution < -0.4 is 10.5 Å². The number of ether oxygens (including phenoxy) is 1. The van der Waals surface area contributed by atoms with Crippen LogP contribution in [0.4, 0.5) is 4.39 Å². The summed E-state index contributed by atoms with van der Waals surface area (Å²) in [4.78, 5) is 15.2. The van der Waals surface area contributed by atoms with Gasteiger partial charge in [0.15, 0.2) is 0 Å². The Kier molecular flexibility index (Phi) is 5.52. The van der Waals surface area contributed by atoms with E-state index in [-0.39, 0.29) is 11.7 Å². The molecule has 116 valence electrons. The topological polar surface area (TPSA) is 58.8 Å². The number of methoxy groups -OCH3 is 1. The highest BCUT2D eigenvalue weighted by molar-refractivity contribution is 5.73. The molecule has 2 rings (SSSR count). The molecule has 1 amide bonds. The minimum Gasteiger partial charge on any atom is -0.497 e. The number of hydrogen-bond donors (Lipinski definition) is 1. The normalized spacial score (nSPS) is 16.9. The van der Waals surface area contributed by atoms with Crippen LogP contribution in [-0.2, 0) is 11.3 Å². The lowest BCUT2D eigenvalue weighted by atomic mass is 10.1. The van der Waals surface area contributed by atoms with Crippen molar-refractivity contribution in [2.45, 2.75) is 13.0 Å². The fourth-order valence-corrected chi connectivity index (χ4v) is 2.48. The first-order chi connectivity index (χ1) is 10.1. The van der Waals surface area contributed by atoms with Crippen LogP contribution in [0.3, 0.4) is 0 Å². The minimum absolute atomic E-state index is 0.202. The van der Waals surface area contributed by atoms with E-state index in [1.807, 2.05) is 0 Å². The molecule has 1 heterocycles. The Labute approximate surface area is 124 Å². The van der Waals surface area contributed by atoms with Crippen LogP contribution >= 0.6 is 0 Å². The fourth-order valence-electron chi connectivity index (χ4n) is 2.48. The number of nitrogens with two attached hydrogens (primary N) is 1. The summed E-state index contributed by atoms with van der Waals surface area (Å²) >= 11 is 0. The van der Waals surface area contributed by atoms with Gasteiger partial charge in [0.1, 0.15) is 11.6 Å². The summed E-state index contributed by atoms with van der Waals surface area (Å²) in [7, 11) is 1.58. The Bertz CT molecular complexity index is 488. The SMILES string of the molecule is COc1ccc(F)c(CN2CCN(CCC(N)=O)CC2)c1. The molecule has 0 radical (unpaired) electrons. The van der Waals surface area contributed by atoms with E-state index in [4.69, 9.17) is 10.5 Å². The molecule has 0 saturated carbocycles. The molecule has 1 aromatic carbocycles. The molecule has 0 aromatic heterocycles. The Morgan fingerprint density at radius 2 is 1.95 bits per heavy atom. The zero-order chi connectivity index (χ0) is 15.2. The maximum atomic E-state index is 13.8. The maximum absolute atomic E-state index is 13.8. The third-order valence-corrected chi connectivity index (χ3v) is 3.79. The van der Waals surface area contributed by atoms with Gasteiger partial charge >= 0.3 is 0 Å². The Balaban J connectivity index is 1.84. The number of nitrogens with zero attached hydrogens (tertiary/aromatic N) is 2. The number of carbonyl (C=O) groups excluding carboxylic acids is 1. The summed E-state index contributed by atoms with van der Waals surface area (Å²) in [6.45, 7) is 4.74. The van der Waals surface area contributed by atoms with Crippen molar-refractivity contribution in [3.63, 3.8) is 0 Å². The lowest BCUT2D eigenvalue weighted by molar-refractivity contribution is -0.118. The summed E-state index contributed by atoms with van der Waals surface area (Å²) in [5.41, 5.74) is 5.81. The fraction of sp³-hybridized carbons (Fsp3) is 0.533. The van der Waals surface area contributed by atoms with Crippen molar-refractivity contribution in [2.24, 2.45) is 5.73 Å². The van der Waals surface area contributed by atoms with E-state index in [9.17, 15) is 9.18 Å². The summed E-state index contributed by atoms with van der Waals surface area (Å²) in [6.07, 6.45) is 0.393. The molecule has 1 aliphatic rings. The Morgan fingerprint density at radius 3 is 2.57 bits per heavy atom. The molecule has 0 aliphatic carbocycles. The van der Waals surface area contributed by atoms with E-state index in [0.717, 1.165) is 26.2 Å². The highest BCUT2D eigenvalue weighted by Crippen LogP contribution is 2.18. The molecule has 1 aromatic rings. The van der Waals surface area contributed by atoms with Crippen LogP contribution in [0, 0.1) is 5.82 Å². The number of amides is 1. The van der Waals surface area contributed by atoms with Crippen molar-refractivity contribution in [2.75, 3.05) is 39.8 Å². The molecular formula is C15H22FN3O2. The van der Waals surface area contributed by atoms with Crippen molar-refractivity contribution in [1.82, 2.24) is 9.80 Å². The first kappa shape index (κ1) is 15.7. The standard InChI is InChI=1S/C15H22FN3O2/c1-21-13-2-3-14(16)12(10-13)11-19-8-6-18(7-9-19)5-4-15(17)20/h2-3,10H,4-9,11H2,1H3,(H2,17,20). The van der Waals surface area contributed by atoms with E-state index in [0.29, 0.717) is 30.8 Å². The molecule has 0 spiro atoms. The zero-order valence-electron chi connectivity index (χ0n) is 12.3. The van der Waals surface area contributed by atoms with Crippen molar-refractivity contribution < 1.29 is 13.9 Å². The third-order valence-electron chi connectivity index (χ3n) is 3.79. The smallest absolute Gasteiger partial charge is 0.218 e. The van der Waals surface area contributed by atoms with Gasteiger partial charge in [0.2, 0.25) is 5.91 Å². The van der Waals surface area contributed by atoms with Crippen molar-refractivity contribution in [3.8, 4) is 5.75 Å². The van der Waals surface area contributed by atoms with E-state index in [2.05, 4.69) is 9.80 Å². The monoisotopic (exact) mass is 295 g/mol. The van der Waals surface area contributed by atoms with Gasteiger partial charge in [0.25, 0.3) is 0 Å². The second kappa shape index (κ2) is 7.38. The van der Waals surface area contributed by atoms with Gasteiger partial charge < -0.3 is 15.4 Å². The van der Waals surface area contributed by atoms with Crippen LogP contribution in [0.5, 0.6) is 5.75 Å². The van der Waals surface area contributed by atoms with Gasteiger partial charge in [-0.1, -0.05) is 0 Å². The molecule has 5 nitrogen and oxygen atoms in total. The molecule has 1 saturated heterocycles. The lowest BCUT2D eigenvalue weighted by Crippen LogP contribution is -2.46. The largest absolute Gasteiger partial charge is 0.497 e. The first-order valence-electron chi connectivity index (χ1n) is 7.14. The summed E-state index contributed by atoms with van der Waals surface area (Å²) in [5, 5.41) is 0. The van der Waals surface area contributed by atoms with E-state index >= 15 is 0 Å². The van der Waals surface area contributed by atoms with E-state index in [1.54, 1.807) is 19.2 Å². The number of halogens is 1. The molecule has 21 heavy (non-hydrogen) atoms. The second-order valence-corrected chi connectivity index (χ2v) is 5.29. The number of piperazine rings is 1. The number of hydrogen-bond acceptors (Lipinski definition) is 4. The first-order valence-corrected chi connectivity index (χ1v) is 7.14. The molecule has 1 fully saturated rings. The summed E-state index contributed by atoms with van der Waals surface area (Å²) < 4.78 is 18.9. The minimum atomic E-state index is -0.268.